The number of carbonyl (C=O) groups excluding carboxylic acids is 2. The summed E-state index contributed by atoms with van der Waals surface area (Å²) in [5.41, 5.74) is 3.84. The second-order valence-electron chi connectivity index (χ2n) is 12.1. The molecule has 0 unspecified atom stereocenters. The molecule has 1 aromatic heterocycles. The summed E-state index contributed by atoms with van der Waals surface area (Å²) in [4.78, 5) is 43.2. The number of nitrogens with zero attached hydrogens (tertiary/aromatic N) is 6. The third-order valence-corrected chi connectivity index (χ3v) is 8.97. The van der Waals surface area contributed by atoms with Crippen LogP contribution in [0.2, 0.25) is 0 Å². The number of hydrogen-bond acceptors (Lipinski definition) is 8. The molecule has 43 heavy (non-hydrogen) atoms. The standard InChI is InChI=1S/C33H42N6O3S/c1-24(40)36-13-19-39(20-14-36)31(41)26-8-6-7-25(21-26)23-43-32-34-29(33(2,3)4)22-30(35-32)38-17-15-37(16-18-38)27-9-11-28(42-5)12-10-27/h6-12,21-22H,13-20,23H2,1-5H3. The monoisotopic (exact) mass is 602 g/mol. The van der Waals surface area contributed by atoms with Gasteiger partial charge in [-0.25, -0.2) is 9.97 Å². The molecule has 0 bridgehead atoms. The van der Waals surface area contributed by atoms with E-state index >= 15 is 0 Å². The highest BCUT2D eigenvalue weighted by atomic mass is 32.2. The van der Waals surface area contributed by atoms with Crippen LogP contribution in [0, 0.1) is 0 Å². The number of benzene rings is 2. The van der Waals surface area contributed by atoms with Gasteiger partial charge in [0.05, 0.1) is 12.8 Å². The average Bonchev–Trinajstić information content (AvgIpc) is 3.03. The van der Waals surface area contributed by atoms with Crippen LogP contribution in [0.5, 0.6) is 5.75 Å². The largest absolute Gasteiger partial charge is 0.497 e. The van der Waals surface area contributed by atoms with Crippen molar-refractivity contribution in [2.45, 2.75) is 44.0 Å². The molecular weight excluding hydrogens is 560 g/mol. The molecule has 2 saturated heterocycles. The average molecular weight is 603 g/mol. The first-order valence-corrected chi connectivity index (χ1v) is 15.9. The third-order valence-electron chi connectivity index (χ3n) is 8.06. The predicted molar refractivity (Wildman–Crippen MR) is 172 cm³/mol. The van der Waals surface area contributed by atoms with Crippen LogP contribution in [0.25, 0.3) is 0 Å². The van der Waals surface area contributed by atoms with E-state index < -0.39 is 0 Å². The predicted octanol–water partition coefficient (Wildman–Crippen LogP) is 4.71. The molecule has 0 N–H and O–H groups in total. The van der Waals surface area contributed by atoms with Crippen LogP contribution in [-0.4, -0.2) is 91.0 Å². The molecule has 228 valence electrons. The normalized spacial score (nSPS) is 15.9. The number of methoxy groups -OCH3 is 1. The lowest BCUT2D eigenvalue weighted by Gasteiger charge is -2.37. The van der Waals surface area contributed by atoms with Crippen molar-refractivity contribution in [2.75, 3.05) is 69.3 Å². The van der Waals surface area contributed by atoms with Gasteiger partial charge in [-0.3, -0.25) is 9.59 Å². The van der Waals surface area contributed by atoms with Gasteiger partial charge in [0.25, 0.3) is 5.91 Å². The molecule has 0 radical (unpaired) electrons. The van der Waals surface area contributed by atoms with Gasteiger partial charge in [-0.05, 0) is 42.0 Å². The van der Waals surface area contributed by atoms with Crippen molar-refractivity contribution >= 4 is 35.1 Å². The topological polar surface area (TPSA) is 82.1 Å². The van der Waals surface area contributed by atoms with E-state index in [1.54, 1.807) is 30.7 Å². The highest BCUT2D eigenvalue weighted by Gasteiger charge is 2.25. The van der Waals surface area contributed by atoms with Crippen LogP contribution in [0.15, 0.2) is 59.8 Å². The molecule has 2 amide bonds. The number of amides is 2. The lowest BCUT2D eigenvalue weighted by atomic mass is 9.92. The summed E-state index contributed by atoms with van der Waals surface area (Å²) in [7, 11) is 1.69. The molecule has 0 saturated carbocycles. The first kappa shape index (κ1) is 30.7. The highest BCUT2D eigenvalue weighted by Crippen LogP contribution is 2.30. The SMILES string of the molecule is COc1ccc(N2CCN(c3cc(C(C)(C)C)nc(SCc4cccc(C(=O)N5CCN(C(C)=O)CC5)c4)n3)CC2)cc1. The Bertz CT molecular complexity index is 1430. The molecule has 2 aliphatic rings. The first-order chi connectivity index (χ1) is 20.6. The quantitative estimate of drug-likeness (QED) is 0.284. The van der Waals surface area contributed by atoms with E-state index in [1.807, 2.05) is 41.3 Å². The molecule has 10 heteroatoms. The van der Waals surface area contributed by atoms with Crippen molar-refractivity contribution in [1.29, 1.82) is 0 Å². The van der Waals surface area contributed by atoms with E-state index in [0.29, 0.717) is 37.5 Å². The number of aromatic nitrogens is 2. The molecule has 3 aromatic rings. The van der Waals surface area contributed by atoms with Crippen LogP contribution < -0.4 is 14.5 Å². The summed E-state index contributed by atoms with van der Waals surface area (Å²) in [6, 6.07) is 18.2. The number of hydrogen-bond donors (Lipinski definition) is 0. The maximum Gasteiger partial charge on any atom is 0.253 e. The van der Waals surface area contributed by atoms with Gasteiger partial charge in [0, 0.05) is 87.8 Å². The van der Waals surface area contributed by atoms with Crippen molar-refractivity contribution in [3.05, 3.63) is 71.4 Å². The summed E-state index contributed by atoms with van der Waals surface area (Å²) < 4.78 is 5.31. The second-order valence-corrected chi connectivity index (χ2v) is 13.0. The number of ether oxygens (including phenoxy) is 1. The summed E-state index contributed by atoms with van der Waals surface area (Å²) >= 11 is 1.60. The fourth-order valence-corrected chi connectivity index (χ4v) is 6.16. The third kappa shape index (κ3) is 7.60. The van der Waals surface area contributed by atoms with Crippen molar-refractivity contribution in [1.82, 2.24) is 19.8 Å². The van der Waals surface area contributed by atoms with Crippen molar-refractivity contribution in [3.8, 4) is 5.75 Å². The minimum absolute atomic E-state index is 0.0112. The molecule has 9 nitrogen and oxygen atoms in total. The summed E-state index contributed by atoms with van der Waals surface area (Å²) in [5, 5.41) is 0.747. The van der Waals surface area contributed by atoms with Crippen molar-refractivity contribution in [3.63, 3.8) is 0 Å². The van der Waals surface area contributed by atoms with Crippen molar-refractivity contribution < 1.29 is 14.3 Å². The smallest absolute Gasteiger partial charge is 0.253 e. The molecule has 0 aliphatic carbocycles. The maximum atomic E-state index is 13.2. The van der Waals surface area contributed by atoms with Gasteiger partial charge in [0.2, 0.25) is 5.91 Å². The Morgan fingerprint density at radius 1 is 0.837 bits per heavy atom. The fourth-order valence-electron chi connectivity index (χ4n) is 5.36. The van der Waals surface area contributed by atoms with Gasteiger partial charge in [-0.15, -0.1) is 0 Å². The van der Waals surface area contributed by atoms with Crippen LogP contribution in [-0.2, 0) is 16.0 Å². The number of carbonyl (C=O) groups is 2. The van der Waals surface area contributed by atoms with Crippen LogP contribution in [0.3, 0.4) is 0 Å². The minimum atomic E-state index is -0.114. The van der Waals surface area contributed by atoms with E-state index in [1.165, 1.54) is 5.69 Å². The number of rotatable bonds is 7. The van der Waals surface area contributed by atoms with Crippen LogP contribution in [0.1, 0.15) is 49.3 Å². The van der Waals surface area contributed by atoms with E-state index in [4.69, 9.17) is 14.7 Å². The van der Waals surface area contributed by atoms with Gasteiger partial charge in [0.15, 0.2) is 5.16 Å². The zero-order valence-electron chi connectivity index (χ0n) is 25.9. The first-order valence-electron chi connectivity index (χ1n) is 14.9. The summed E-state index contributed by atoms with van der Waals surface area (Å²) in [6.45, 7) is 14.0. The Kier molecular flexibility index (Phi) is 9.44. The van der Waals surface area contributed by atoms with Gasteiger partial charge in [-0.2, -0.15) is 0 Å². The van der Waals surface area contributed by atoms with Crippen LogP contribution >= 0.6 is 11.8 Å². The Morgan fingerprint density at radius 2 is 1.49 bits per heavy atom. The lowest BCUT2D eigenvalue weighted by molar-refractivity contribution is -0.130. The molecule has 5 rings (SSSR count). The van der Waals surface area contributed by atoms with Crippen LogP contribution in [0.4, 0.5) is 11.5 Å². The van der Waals surface area contributed by atoms with E-state index in [-0.39, 0.29) is 17.2 Å². The minimum Gasteiger partial charge on any atom is -0.497 e. The van der Waals surface area contributed by atoms with Gasteiger partial charge >= 0.3 is 0 Å². The zero-order valence-corrected chi connectivity index (χ0v) is 26.7. The molecule has 2 fully saturated rings. The Labute approximate surface area is 259 Å². The molecule has 2 aromatic carbocycles. The van der Waals surface area contributed by atoms with Gasteiger partial charge in [-0.1, -0.05) is 44.7 Å². The molecule has 2 aliphatic heterocycles. The number of piperazine rings is 2. The zero-order chi connectivity index (χ0) is 30.6. The van der Waals surface area contributed by atoms with E-state index in [2.05, 4.69) is 48.8 Å². The lowest BCUT2D eigenvalue weighted by Crippen LogP contribution is -2.50. The highest BCUT2D eigenvalue weighted by molar-refractivity contribution is 7.98. The molecule has 3 heterocycles. The summed E-state index contributed by atoms with van der Waals surface area (Å²) in [5.74, 6) is 2.56. The summed E-state index contributed by atoms with van der Waals surface area (Å²) in [6.07, 6.45) is 0. The van der Waals surface area contributed by atoms with Gasteiger partial charge in [0.1, 0.15) is 11.6 Å². The molecule has 0 atom stereocenters. The number of thioether (sulfide) groups is 1. The van der Waals surface area contributed by atoms with E-state index in [9.17, 15) is 9.59 Å². The molecule has 0 spiro atoms. The second kappa shape index (κ2) is 13.2. The Morgan fingerprint density at radius 3 is 2.12 bits per heavy atom. The number of anilines is 2. The fraction of sp³-hybridized carbons (Fsp3) is 0.455. The Hall–Kier alpha value is -3.79. The van der Waals surface area contributed by atoms with Crippen molar-refractivity contribution in [2.24, 2.45) is 0 Å². The Balaban J connectivity index is 1.25. The van der Waals surface area contributed by atoms with E-state index in [0.717, 1.165) is 54.2 Å². The maximum absolute atomic E-state index is 13.2. The van der Waals surface area contributed by atoms with Gasteiger partial charge < -0.3 is 24.3 Å². The molecular formula is C33H42N6O3S.